The van der Waals surface area contributed by atoms with E-state index in [1.807, 2.05) is 0 Å². The minimum atomic E-state index is -3.61. The van der Waals surface area contributed by atoms with Crippen molar-refractivity contribution in [1.82, 2.24) is 15.3 Å². The number of sulfone groups is 1. The van der Waals surface area contributed by atoms with E-state index in [0.29, 0.717) is 5.76 Å². The van der Waals surface area contributed by atoms with Crippen LogP contribution < -0.4 is 5.32 Å². The highest BCUT2D eigenvalue weighted by Crippen LogP contribution is 2.14. The van der Waals surface area contributed by atoms with Gasteiger partial charge in [-0.05, 0) is 12.1 Å². The summed E-state index contributed by atoms with van der Waals surface area (Å²) in [5, 5.41) is 2.03. The molecule has 2 heterocycles. The number of nitrogens with one attached hydrogen (secondary N) is 1. The summed E-state index contributed by atoms with van der Waals surface area (Å²) < 4.78 is 27.7. The topological polar surface area (TPSA) is 102 Å². The maximum Gasteiger partial charge on any atom is 0.271 e. The fourth-order valence-corrected chi connectivity index (χ4v) is 2.03. The van der Waals surface area contributed by atoms with Crippen LogP contribution in [0, 0.1) is 0 Å². The zero-order valence-electron chi connectivity index (χ0n) is 10.3. The first-order chi connectivity index (χ1) is 9.38. The number of nitrogens with zero attached hydrogens (tertiary/aromatic N) is 2. The minimum absolute atomic E-state index is 0.0330. The lowest BCUT2D eigenvalue weighted by atomic mass is 10.3. The number of halogens is 1. The van der Waals surface area contributed by atoms with E-state index in [9.17, 15) is 13.2 Å². The quantitative estimate of drug-likeness (QED) is 0.846. The van der Waals surface area contributed by atoms with Crippen molar-refractivity contribution in [3.63, 3.8) is 0 Å². The van der Waals surface area contributed by atoms with Crippen LogP contribution in [-0.2, 0) is 16.4 Å². The van der Waals surface area contributed by atoms with Crippen LogP contribution in [0.2, 0.25) is 5.02 Å². The van der Waals surface area contributed by atoms with Crippen molar-refractivity contribution in [1.29, 1.82) is 0 Å². The van der Waals surface area contributed by atoms with Gasteiger partial charge in [-0.3, -0.25) is 4.79 Å². The van der Waals surface area contributed by atoms with E-state index >= 15 is 0 Å². The molecule has 0 aromatic carbocycles. The summed E-state index contributed by atoms with van der Waals surface area (Å²) in [7, 11) is -3.61. The molecule has 1 N–H and O–H groups in total. The van der Waals surface area contributed by atoms with Crippen molar-refractivity contribution in [2.75, 3.05) is 6.26 Å². The molecule has 0 radical (unpaired) electrons. The first kappa shape index (κ1) is 14.5. The van der Waals surface area contributed by atoms with Crippen molar-refractivity contribution in [2.24, 2.45) is 0 Å². The number of furan rings is 1. The number of carbonyl (C=O) groups is 1. The highest BCUT2D eigenvalue weighted by atomic mass is 35.5. The smallest absolute Gasteiger partial charge is 0.271 e. The lowest BCUT2D eigenvalue weighted by Crippen LogP contribution is -2.25. The zero-order chi connectivity index (χ0) is 14.8. The summed E-state index contributed by atoms with van der Waals surface area (Å²) in [4.78, 5) is 19.2. The predicted octanol–water partition coefficient (Wildman–Crippen LogP) is 1.06. The standard InChI is InChI=1S/C11H10ClN3O4S/c1-20(17,18)11-14-6-8(12)9(15-11)10(16)13-5-7-3-2-4-19-7/h2-4,6H,5H2,1H3,(H,13,16). The second-order valence-corrected chi connectivity index (χ2v) is 6.20. The molecular formula is C11H10ClN3O4S. The minimum Gasteiger partial charge on any atom is -0.467 e. The molecule has 0 aliphatic rings. The first-order valence-electron chi connectivity index (χ1n) is 5.41. The van der Waals surface area contributed by atoms with Crippen molar-refractivity contribution in [2.45, 2.75) is 11.7 Å². The summed E-state index contributed by atoms with van der Waals surface area (Å²) in [6, 6.07) is 3.37. The molecule has 2 aromatic rings. The van der Waals surface area contributed by atoms with Crippen molar-refractivity contribution < 1.29 is 17.6 Å². The molecule has 0 spiro atoms. The molecule has 106 valence electrons. The fourth-order valence-electron chi connectivity index (χ4n) is 1.35. The number of hydrogen-bond donors (Lipinski definition) is 1. The van der Waals surface area contributed by atoms with Crippen LogP contribution in [0.1, 0.15) is 16.2 Å². The van der Waals surface area contributed by atoms with Gasteiger partial charge in [0.25, 0.3) is 5.91 Å². The lowest BCUT2D eigenvalue weighted by molar-refractivity contribution is 0.0942. The Bertz CT molecular complexity index is 728. The van der Waals surface area contributed by atoms with Gasteiger partial charge in [-0.1, -0.05) is 11.6 Å². The van der Waals surface area contributed by atoms with Gasteiger partial charge in [0.1, 0.15) is 5.76 Å². The molecule has 7 nitrogen and oxygen atoms in total. The Kier molecular flexibility index (Phi) is 4.05. The van der Waals surface area contributed by atoms with Gasteiger partial charge in [-0.15, -0.1) is 0 Å². The van der Waals surface area contributed by atoms with Gasteiger partial charge in [0.15, 0.2) is 5.69 Å². The van der Waals surface area contributed by atoms with Crippen LogP contribution in [-0.4, -0.2) is 30.5 Å². The molecular weight excluding hydrogens is 306 g/mol. The predicted molar refractivity (Wildman–Crippen MR) is 70.0 cm³/mol. The van der Waals surface area contributed by atoms with Gasteiger partial charge >= 0.3 is 0 Å². The summed E-state index contributed by atoms with van der Waals surface area (Å²) in [6.07, 6.45) is 3.49. The molecule has 0 unspecified atom stereocenters. The molecule has 0 aliphatic carbocycles. The van der Waals surface area contributed by atoms with Crippen LogP contribution in [0.3, 0.4) is 0 Å². The van der Waals surface area contributed by atoms with Gasteiger partial charge in [0.05, 0.1) is 24.0 Å². The Morgan fingerprint density at radius 2 is 2.25 bits per heavy atom. The van der Waals surface area contributed by atoms with Gasteiger partial charge in [0, 0.05) is 6.26 Å². The molecule has 1 amide bonds. The summed E-state index contributed by atoms with van der Waals surface area (Å²) >= 11 is 5.80. The Morgan fingerprint density at radius 1 is 1.50 bits per heavy atom. The number of aromatic nitrogens is 2. The molecule has 20 heavy (non-hydrogen) atoms. The number of rotatable bonds is 4. The van der Waals surface area contributed by atoms with Crippen LogP contribution in [0.25, 0.3) is 0 Å². The molecule has 0 aliphatic heterocycles. The molecule has 0 fully saturated rings. The van der Waals surface area contributed by atoms with Crippen molar-refractivity contribution >= 4 is 27.3 Å². The molecule has 0 saturated carbocycles. The zero-order valence-corrected chi connectivity index (χ0v) is 11.9. The summed E-state index contributed by atoms with van der Waals surface area (Å²) in [5.41, 5.74) is -0.200. The number of amides is 1. The molecule has 9 heteroatoms. The fraction of sp³-hybridized carbons (Fsp3) is 0.182. The third kappa shape index (κ3) is 3.34. The third-order valence-electron chi connectivity index (χ3n) is 2.27. The number of hydrogen-bond acceptors (Lipinski definition) is 6. The van der Waals surface area contributed by atoms with E-state index in [1.54, 1.807) is 12.1 Å². The monoisotopic (exact) mass is 315 g/mol. The first-order valence-corrected chi connectivity index (χ1v) is 7.68. The van der Waals surface area contributed by atoms with E-state index in [0.717, 1.165) is 12.5 Å². The van der Waals surface area contributed by atoms with E-state index in [-0.39, 0.29) is 17.3 Å². The number of carbonyl (C=O) groups excluding carboxylic acids is 1. The van der Waals surface area contributed by atoms with E-state index in [4.69, 9.17) is 16.0 Å². The normalized spacial score (nSPS) is 11.3. The molecule has 0 saturated heterocycles. The SMILES string of the molecule is CS(=O)(=O)c1ncc(Cl)c(C(=O)NCc2ccco2)n1. The Morgan fingerprint density at radius 3 is 2.85 bits per heavy atom. The Balaban J connectivity index is 2.21. The second-order valence-electron chi connectivity index (χ2n) is 3.88. The Labute approximate surface area is 119 Å². The van der Waals surface area contributed by atoms with Crippen molar-refractivity contribution in [3.05, 3.63) is 41.1 Å². The lowest BCUT2D eigenvalue weighted by Gasteiger charge is -2.05. The molecule has 0 atom stereocenters. The second kappa shape index (κ2) is 5.59. The van der Waals surface area contributed by atoms with Crippen LogP contribution >= 0.6 is 11.6 Å². The van der Waals surface area contributed by atoms with Gasteiger partial charge in [0.2, 0.25) is 15.0 Å². The summed E-state index contributed by atoms with van der Waals surface area (Å²) in [5.74, 6) is -0.0643. The molecule has 2 rings (SSSR count). The molecule has 2 aromatic heterocycles. The van der Waals surface area contributed by atoms with Gasteiger partial charge in [-0.2, -0.15) is 0 Å². The van der Waals surface area contributed by atoms with Crippen molar-refractivity contribution in [3.8, 4) is 0 Å². The van der Waals surface area contributed by atoms with Gasteiger partial charge in [-0.25, -0.2) is 18.4 Å². The van der Waals surface area contributed by atoms with E-state index in [1.165, 1.54) is 6.26 Å². The average molecular weight is 316 g/mol. The molecule has 0 bridgehead atoms. The largest absolute Gasteiger partial charge is 0.467 e. The van der Waals surface area contributed by atoms with E-state index < -0.39 is 20.9 Å². The maximum absolute atomic E-state index is 11.9. The summed E-state index contributed by atoms with van der Waals surface area (Å²) in [6.45, 7) is 0.139. The highest BCUT2D eigenvalue weighted by molar-refractivity contribution is 7.90. The van der Waals surface area contributed by atoms with Crippen LogP contribution in [0.15, 0.2) is 34.2 Å². The van der Waals surface area contributed by atoms with E-state index in [2.05, 4.69) is 15.3 Å². The highest BCUT2D eigenvalue weighted by Gasteiger charge is 2.18. The van der Waals surface area contributed by atoms with Crippen LogP contribution in [0.5, 0.6) is 0 Å². The van der Waals surface area contributed by atoms with Crippen LogP contribution in [0.4, 0.5) is 0 Å². The maximum atomic E-state index is 11.9. The Hall–Kier alpha value is -1.93. The average Bonchev–Trinajstić information content (AvgIpc) is 2.88. The van der Waals surface area contributed by atoms with Gasteiger partial charge < -0.3 is 9.73 Å². The third-order valence-corrected chi connectivity index (χ3v) is 3.41.